The molecular formula is C17H18N2O2. The van der Waals surface area contributed by atoms with Gasteiger partial charge in [-0.2, -0.15) is 0 Å². The quantitative estimate of drug-likeness (QED) is 0.588. The highest BCUT2D eigenvalue weighted by molar-refractivity contribution is 6.23. The Labute approximate surface area is 123 Å². The van der Waals surface area contributed by atoms with Crippen LogP contribution in [-0.4, -0.2) is 28.1 Å². The van der Waals surface area contributed by atoms with Crippen molar-refractivity contribution in [2.45, 2.75) is 38.1 Å². The maximum atomic E-state index is 12.2. The Morgan fingerprint density at radius 1 is 1.19 bits per heavy atom. The zero-order valence-corrected chi connectivity index (χ0v) is 11.9. The van der Waals surface area contributed by atoms with Crippen LogP contribution >= 0.6 is 0 Å². The molecule has 1 aliphatic carbocycles. The van der Waals surface area contributed by atoms with E-state index in [1.54, 1.807) is 0 Å². The minimum atomic E-state index is 0.140. The van der Waals surface area contributed by atoms with Crippen LogP contribution in [0.5, 0.6) is 0 Å². The van der Waals surface area contributed by atoms with Gasteiger partial charge < -0.3 is 10.1 Å². The van der Waals surface area contributed by atoms with Crippen LogP contribution in [0.15, 0.2) is 40.7 Å². The first-order valence-corrected chi connectivity index (χ1v) is 7.61. The van der Waals surface area contributed by atoms with Crippen LogP contribution in [-0.2, 0) is 11.2 Å². The number of hydrogen-bond donors (Lipinski definition) is 1. The molecule has 1 N–H and O–H groups in total. The van der Waals surface area contributed by atoms with E-state index in [2.05, 4.69) is 34.3 Å². The highest BCUT2D eigenvalue weighted by atomic mass is 16.4. The van der Waals surface area contributed by atoms with Gasteiger partial charge in [-0.3, -0.25) is 4.79 Å². The Morgan fingerprint density at radius 2 is 2.05 bits per heavy atom. The Kier molecular flexibility index (Phi) is 2.84. The van der Waals surface area contributed by atoms with Crippen LogP contribution in [0.3, 0.4) is 0 Å². The van der Waals surface area contributed by atoms with Crippen molar-refractivity contribution in [2.75, 3.05) is 6.54 Å². The summed E-state index contributed by atoms with van der Waals surface area (Å²) in [4.78, 5) is 14.6. The van der Waals surface area contributed by atoms with Crippen LogP contribution in [0.1, 0.15) is 42.9 Å². The van der Waals surface area contributed by atoms with Gasteiger partial charge in [0, 0.05) is 25.1 Å². The third kappa shape index (κ3) is 1.82. The zero-order valence-electron chi connectivity index (χ0n) is 11.9. The largest absolute Gasteiger partial charge is 0.411 e. The molecule has 3 aliphatic rings. The summed E-state index contributed by atoms with van der Waals surface area (Å²) in [6.07, 6.45) is 4.04. The minimum absolute atomic E-state index is 0.140. The van der Waals surface area contributed by atoms with E-state index >= 15 is 0 Å². The summed E-state index contributed by atoms with van der Waals surface area (Å²) < 4.78 is 0. The van der Waals surface area contributed by atoms with E-state index in [1.807, 2.05) is 0 Å². The fraction of sp³-hybridized carbons (Fsp3) is 0.412. The van der Waals surface area contributed by atoms with Gasteiger partial charge in [0.1, 0.15) is 0 Å². The van der Waals surface area contributed by atoms with E-state index in [-0.39, 0.29) is 11.8 Å². The van der Waals surface area contributed by atoms with Crippen molar-refractivity contribution in [3.05, 3.63) is 46.7 Å². The number of fused-ring (bicyclic) bond motifs is 4. The molecule has 2 aliphatic heterocycles. The summed E-state index contributed by atoms with van der Waals surface area (Å²) in [5.74, 6) is 0.140. The van der Waals surface area contributed by atoms with Gasteiger partial charge >= 0.3 is 0 Å². The number of Topliss-reactive ketones (excluding diaryl/α,β-unsaturated/α-hetero) is 1. The summed E-state index contributed by atoms with van der Waals surface area (Å²) in [6.45, 7) is 0.951. The second-order valence-corrected chi connectivity index (χ2v) is 6.01. The Balaban J connectivity index is 1.86. The lowest BCUT2D eigenvalue weighted by Crippen LogP contribution is -2.43. The molecule has 0 radical (unpaired) electrons. The summed E-state index contributed by atoms with van der Waals surface area (Å²) in [7, 11) is 0. The molecule has 108 valence electrons. The molecule has 1 unspecified atom stereocenters. The SMILES string of the molecule is O=C1CCCC2=C1C(=NO)CC1c3ccccc3CCN21. The predicted octanol–water partition coefficient (Wildman–Crippen LogP) is 2.83. The lowest BCUT2D eigenvalue weighted by Gasteiger charge is -2.45. The predicted molar refractivity (Wildman–Crippen MR) is 79.3 cm³/mol. The van der Waals surface area contributed by atoms with E-state index in [0.29, 0.717) is 24.1 Å². The van der Waals surface area contributed by atoms with E-state index in [1.165, 1.54) is 11.1 Å². The van der Waals surface area contributed by atoms with Crippen LogP contribution in [0.2, 0.25) is 0 Å². The number of hydrogen-bond acceptors (Lipinski definition) is 4. The second kappa shape index (κ2) is 4.72. The molecule has 0 amide bonds. The monoisotopic (exact) mass is 282 g/mol. The van der Waals surface area contributed by atoms with Crippen LogP contribution in [0.4, 0.5) is 0 Å². The average molecular weight is 282 g/mol. The molecule has 1 atom stereocenters. The molecule has 0 saturated carbocycles. The van der Waals surface area contributed by atoms with Gasteiger partial charge in [-0.05, 0) is 30.4 Å². The fourth-order valence-corrected chi connectivity index (χ4v) is 4.01. The molecule has 0 bridgehead atoms. The first kappa shape index (κ1) is 12.6. The van der Waals surface area contributed by atoms with Crippen molar-refractivity contribution in [2.24, 2.45) is 5.16 Å². The lowest BCUT2D eigenvalue weighted by molar-refractivity contribution is -0.115. The molecule has 4 nitrogen and oxygen atoms in total. The molecule has 4 heteroatoms. The number of ketones is 1. The van der Waals surface area contributed by atoms with Gasteiger partial charge in [-0.15, -0.1) is 0 Å². The second-order valence-electron chi connectivity index (χ2n) is 6.01. The van der Waals surface area contributed by atoms with Gasteiger partial charge in [-0.1, -0.05) is 29.4 Å². The number of oxime groups is 1. The summed E-state index contributed by atoms with van der Waals surface area (Å²) >= 11 is 0. The standard InChI is InChI=1S/C17H18N2O2/c20-16-7-3-6-14-17(16)13(18-21)10-15-12-5-2-1-4-11(12)8-9-19(14)15/h1-2,4-5,15,21H,3,6-10H2. The van der Waals surface area contributed by atoms with Crippen molar-refractivity contribution in [1.29, 1.82) is 0 Å². The number of nitrogens with zero attached hydrogens (tertiary/aromatic N) is 2. The van der Waals surface area contributed by atoms with Gasteiger partial charge in [0.25, 0.3) is 0 Å². The molecule has 4 rings (SSSR count). The molecule has 1 aromatic rings. The highest BCUT2D eigenvalue weighted by Gasteiger charge is 2.39. The van der Waals surface area contributed by atoms with Crippen LogP contribution in [0.25, 0.3) is 0 Å². The number of benzene rings is 1. The van der Waals surface area contributed by atoms with Gasteiger partial charge in [0.2, 0.25) is 0 Å². The molecule has 21 heavy (non-hydrogen) atoms. The average Bonchev–Trinajstić information content (AvgIpc) is 2.54. The molecule has 0 fully saturated rings. The Morgan fingerprint density at radius 3 is 2.90 bits per heavy atom. The van der Waals surface area contributed by atoms with Crippen molar-refractivity contribution in [3.8, 4) is 0 Å². The molecule has 1 aromatic carbocycles. The first-order valence-electron chi connectivity index (χ1n) is 7.61. The third-order valence-corrected chi connectivity index (χ3v) is 4.94. The van der Waals surface area contributed by atoms with E-state index < -0.39 is 0 Å². The summed E-state index contributed by atoms with van der Waals surface area (Å²) in [6, 6.07) is 8.70. The first-order chi connectivity index (χ1) is 10.3. The molecule has 0 spiro atoms. The van der Waals surface area contributed by atoms with E-state index in [4.69, 9.17) is 0 Å². The molecule has 2 heterocycles. The van der Waals surface area contributed by atoms with Crippen molar-refractivity contribution in [1.82, 2.24) is 4.90 Å². The lowest BCUT2D eigenvalue weighted by atomic mass is 9.79. The van der Waals surface area contributed by atoms with Gasteiger partial charge in [0.05, 0.1) is 17.3 Å². The summed E-state index contributed by atoms with van der Waals surface area (Å²) in [5, 5.41) is 12.8. The Bertz CT molecular complexity index is 675. The highest BCUT2D eigenvalue weighted by Crippen LogP contribution is 2.43. The maximum absolute atomic E-state index is 12.2. The minimum Gasteiger partial charge on any atom is -0.411 e. The fourth-order valence-electron chi connectivity index (χ4n) is 4.01. The molecule has 0 aromatic heterocycles. The van der Waals surface area contributed by atoms with Gasteiger partial charge in [-0.25, -0.2) is 0 Å². The van der Waals surface area contributed by atoms with E-state index in [0.717, 1.165) is 31.5 Å². The maximum Gasteiger partial charge on any atom is 0.166 e. The number of rotatable bonds is 0. The van der Waals surface area contributed by atoms with Crippen molar-refractivity contribution < 1.29 is 10.0 Å². The molecular weight excluding hydrogens is 264 g/mol. The normalized spacial score (nSPS) is 26.5. The zero-order chi connectivity index (χ0) is 14.4. The van der Waals surface area contributed by atoms with Crippen LogP contribution < -0.4 is 0 Å². The Hall–Kier alpha value is -2.10. The molecule has 0 saturated heterocycles. The third-order valence-electron chi connectivity index (χ3n) is 4.94. The number of carbonyl (C=O) groups is 1. The topological polar surface area (TPSA) is 52.9 Å². The van der Waals surface area contributed by atoms with Crippen molar-refractivity contribution in [3.63, 3.8) is 0 Å². The number of carbonyl (C=O) groups excluding carboxylic acids is 1. The smallest absolute Gasteiger partial charge is 0.166 e. The summed E-state index contributed by atoms with van der Waals surface area (Å²) in [5.41, 5.74) is 5.06. The van der Waals surface area contributed by atoms with Crippen molar-refractivity contribution >= 4 is 11.5 Å². The van der Waals surface area contributed by atoms with E-state index in [9.17, 15) is 10.0 Å². The van der Waals surface area contributed by atoms with Gasteiger partial charge in [0.15, 0.2) is 5.78 Å². The van der Waals surface area contributed by atoms with Crippen LogP contribution in [0, 0.1) is 0 Å². The number of allylic oxidation sites excluding steroid dienone is 2.